The molecule has 0 aromatic carbocycles. The summed E-state index contributed by atoms with van der Waals surface area (Å²) in [5, 5.41) is 6.77. The zero-order valence-corrected chi connectivity index (χ0v) is 8.35. The highest BCUT2D eigenvalue weighted by Crippen LogP contribution is 2.28. The summed E-state index contributed by atoms with van der Waals surface area (Å²) in [7, 11) is 0. The molecule has 74 valence electrons. The van der Waals surface area contributed by atoms with Crippen LogP contribution in [0.3, 0.4) is 0 Å². The number of hydrogen-bond donors (Lipinski definition) is 0. The van der Waals surface area contributed by atoms with E-state index in [1.54, 1.807) is 6.92 Å². The summed E-state index contributed by atoms with van der Waals surface area (Å²) in [6.45, 7) is 1.83. The van der Waals surface area contributed by atoms with Crippen LogP contribution in [0.4, 0.5) is 13.2 Å². The van der Waals surface area contributed by atoms with Crippen LogP contribution in [0.5, 0.6) is 0 Å². The van der Waals surface area contributed by atoms with E-state index >= 15 is 0 Å². The Morgan fingerprint density at radius 2 is 2.00 bits per heavy atom. The largest absolute Gasteiger partial charge is 0.451 e. The molecule has 3 nitrogen and oxygen atoms in total. The van der Waals surface area contributed by atoms with Crippen LogP contribution in [0.25, 0.3) is 0 Å². The molecule has 0 bridgehead atoms. The van der Waals surface area contributed by atoms with Gasteiger partial charge in [-0.25, -0.2) is 0 Å². The molecule has 0 saturated heterocycles. The average Bonchev–Trinajstić information content (AvgIpc) is 2.45. The predicted molar refractivity (Wildman–Crippen MR) is 43.3 cm³/mol. The lowest BCUT2D eigenvalue weighted by molar-refractivity contribution is -0.147. The Kier molecular flexibility index (Phi) is 2.94. The molecular weight excluding hydrogens is 251 g/mol. The van der Waals surface area contributed by atoms with Crippen molar-refractivity contribution in [3.63, 3.8) is 0 Å². The van der Waals surface area contributed by atoms with Crippen LogP contribution in [0, 0.1) is 0 Å². The monoisotopic (exact) mass is 257 g/mol. The van der Waals surface area contributed by atoms with Crippen molar-refractivity contribution >= 4 is 15.9 Å². The van der Waals surface area contributed by atoms with Crippen LogP contribution < -0.4 is 0 Å². The Bertz CT molecular complexity index is 294. The van der Waals surface area contributed by atoms with Crippen molar-refractivity contribution in [2.75, 3.05) is 0 Å². The average molecular weight is 258 g/mol. The smallest absolute Gasteiger partial charge is 0.307 e. The molecule has 0 aliphatic rings. The standard InChI is InChI=1S/C6H7BrF3N3/c1-2-13-4(3-7)11-12-5(13)6(8,9)10/h2-3H2,1H3. The van der Waals surface area contributed by atoms with Crippen molar-refractivity contribution in [2.24, 2.45) is 0 Å². The molecule has 1 rings (SSSR count). The van der Waals surface area contributed by atoms with Crippen molar-refractivity contribution in [3.05, 3.63) is 11.6 Å². The third-order valence-electron chi connectivity index (χ3n) is 1.52. The number of halogens is 4. The Balaban J connectivity index is 3.16. The third kappa shape index (κ3) is 2.01. The molecule has 1 aromatic heterocycles. The Morgan fingerprint density at radius 1 is 1.38 bits per heavy atom. The van der Waals surface area contributed by atoms with Crippen molar-refractivity contribution < 1.29 is 13.2 Å². The van der Waals surface area contributed by atoms with Crippen molar-refractivity contribution in [3.8, 4) is 0 Å². The molecule has 13 heavy (non-hydrogen) atoms. The third-order valence-corrected chi connectivity index (χ3v) is 2.02. The summed E-state index contributed by atoms with van der Waals surface area (Å²) in [6.07, 6.45) is -4.43. The minimum absolute atomic E-state index is 0.211. The number of rotatable bonds is 2. The quantitative estimate of drug-likeness (QED) is 0.761. The highest BCUT2D eigenvalue weighted by Gasteiger charge is 2.37. The van der Waals surface area contributed by atoms with Crippen LogP contribution in [-0.2, 0) is 18.1 Å². The van der Waals surface area contributed by atoms with Gasteiger partial charge in [-0.1, -0.05) is 15.9 Å². The van der Waals surface area contributed by atoms with Gasteiger partial charge in [0.15, 0.2) is 0 Å². The first kappa shape index (κ1) is 10.5. The second-order valence-electron chi connectivity index (χ2n) is 2.32. The fourth-order valence-corrected chi connectivity index (χ4v) is 1.39. The fraction of sp³-hybridized carbons (Fsp3) is 0.667. The number of aromatic nitrogens is 3. The molecule has 0 unspecified atom stereocenters. The molecule has 0 aliphatic carbocycles. The molecule has 1 heterocycles. The molecule has 7 heteroatoms. The lowest BCUT2D eigenvalue weighted by Gasteiger charge is -2.07. The first-order valence-corrected chi connectivity index (χ1v) is 4.68. The second kappa shape index (κ2) is 3.65. The topological polar surface area (TPSA) is 30.7 Å². The van der Waals surface area contributed by atoms with Crippen LogP contribution in [0.15, 0.2) is 0 Å². The minimum Gasteiger partial charge on any atom is -0.307 e. The lowest BCUT2D eigenvalue weighted by Crippen LogP contribution is -2.15. The van der Waals surface area contributed by atoms with Gasteiger partial charge < -0.3 is 4.57 Å². The first-order valence-electron chi connectivity index (χ1n) is 3.56. The summed E-state index contributed by atoms with van der Waals surface area (Å²) in [5.74, 6) is -0.653. The Morgan fingerprint density at radius 3 is 2.38 bits per heavy atom. The predicted octanol–water partition coefficient (Wildman–Crippen LogP) is 2.21. The highest BCUT2D eigenvalue weighted by atomic mass is 79.9. The van der Waals surface area contributed by atoms with Gasteiger partial charge in [-0.3, -0.25) is 0 Å². The fourth-order valence-electron chi connectivity index (χ4n) is 0.976. The molecule has 0 fully saturated rings. The van der Waals surface area contributed by atoms with Gasteiger partial charge in [0.2, 0.25) is 5.82 Å². The molecule has 0 spiro atoms. The molecule has 0 radical (unpaired) electrons. The summed E-state index contributed by atoms with van der Waals surface area (Å²) < 4.78 is 37.8. The van der Waals surface area contributed by atoms with E-state index in [2.05, 4.69) is 26.1 Å². The van der Waals surface area contributed by atoms with Gasteiger partial charge in [0.1, 0.15) is 5.82 Å². The van der Waals surface area contributed by atoms with E-state index < -0.39 is 12.0 Å². The maximum absolute atomic E-state index is 12.2. The van der Waals surface area contributed by atoms with Crippen molar-refractivity contribution in [1.29, 1.82) is 0 Å². The van der Waals surface area contributed by atoms with E-state index in [4.69, 9.17) is 0 Å². The number of hydrogen-bond acceptors (Lipinski definition) is 2. The molecule has 0 amide bonds. The molecule has 1 aromatic rings. The van der Waals surface area contributed by atoms with E-state index in [0.29, 0.717) is 0 Å². The summed E-state index contributed by atoms with van der Waals surface area (Å²) >= 11 is 3.04. The Labute approximate surface area is 81.1 Å². The number of nitrogens with zero attached hydrogens (tertiary/aromatic N) is 3. The normalized spacial score (nSPS) is 12.1. The minimum atomic E-state index is -4.43. The lowest BCUT2D eigenvalue weighted by atomic mass is 10.5. The van der Waals surface area contributed by atoms with Crippen LogP contribution in [0.1, 0.15) is 18.6 Å². The second-order valence-corrected chi connectivity index (χ2v) is 2.88. The van der Waals surface area contributed by atoms with Crippen LogP contribution in [-0.4, -0.2) is 14.8 Å². The van der Waals surface area contributed by atoms with Gasteiger partial charge in [-0.15, -0.1) is 10.2 Å². The van der Waals surface area contributed by atoms with E-state index in [0.717, 1.165) is 4.57 Å². The molecule has 0 atom stereocenters. The van der Waals surface area contributed by atoms with Gasteiger partial charge in [-0.05, 0) is 6.92 Å². The molecule has 0 N–H and O–H groups in total. The number of alkyl halides is 4. The SMILES string of the molecule is CCn1c(CBr)nnc1C(F)(F)F. The van der Waals surface area contributed by atoms with Crippen molar-refractivity contribution in [2.45, 2.75) is 25.0 Å². The van der Waals surface area contributed by atoms with E-state index in [1.165, 1.54) is 0 Å². The van der Waals surface area contributed by atoms with Crippen LogP contribution in [0.2, 0.25) is 0 Å². The maximum atomic E-state index is 12.2. The highest BCUT2D eigenvalue weighted by molar-refractivity contribution is 9.08. The van der Waals surface area contributed by atoms with Gasteiger partial charge in [0, 0.05) is 6.54 Å². The maximum Gasteiger partial charge on any atom is 0.451 e. The van der Waals surface area contributed by atoms with Crippen LogP contribution >= 0.6 is 15.9 Å². The molecule has 0 aliphatic heterocycles. The van der Waals surface area contributed by atoms with E-state index in [1.807, 2.05) is 0 Å². The van der Waals surface area contributed by atoms with Gasteiger partial charge >= 0.3 is 6.18 Å². The van der Waals surface area contributed by atoms with Crippen molar-refractivity contribution in [1.82, 2.24) is 14.8 Å². The molecular formula is C6H7BrF3N3. The van der Waals surface area contributed by atoms with Gasteiger partial charge in [-0.2, -0.15) is 13.2 Å². The first-order chi connectivity index (χ1) is 6.00. The van der Waals surface area contributed by atoms with Gasteiger partial charge in [0.05, 0.1) is 5.33 Å². The Hall–Kier alpha value is -0.590. The van der Waals surface area contributed by atoms with Gasteiger partial charge in [0.25, 0.3) is 0 Å². The summed E-state index contributed by atoms with van der Waals surface area (Å²) in [5.41, 5.74) is 0. The summed E-state index contributed by atoms with van der Waals surface area (Å²) in [6, 6.07) is 0. The zero-order valence-electron chi connectivity index (χ0n) is 6.77. The molecule has 0 saturated carbocycles. The zero-order chi connectivity index (χ0) is 10.1. The van der Waals surface area contributed by atoms with E-state index in [9.17, 15) is 13.2 Å². The summed E-state index contributed by atoms with van der Waals surface area (Å²) in [4.78, 5) is 0. The van der Waals surface area contributed by atoms with E-state index in [-0.39, 0.29) is 17.7 Å².